The lowest BCUT2D eigenvalue weighted by molar-refractivity contribution is -0.147. The van der Waals surface area contributed by atoms with Crippen molar-refractivity contribution in [3.05, 3.63) is 59.7 Å². The Morgan fingerprint density at radius 1 is 0.419 bits per heavy atom. The van der Waals surface area contributed by atoms with Crippen LogP contribution in [0.15, 0.2) is 48.5 Å². The van der Waals surface area contributed by atoms with Gasteiger partial charge in [-0.25, -0.2) is 4.79 Å². The Labute approximate surface area is 494 Å². The number of benzene rings is 2. The van der Waals surface area contributed by atoms with Gasteiger partial charge < -0.3 is 94.4 Å². The van der Waals surface area contributed by atoms with Crippen molar-refractivity contribution in [1.29, 1.82) is 0 Å². The van der Waals surface area contributed by atoms with Gasteiger partial charge >= 0.3 is 35.8 Å². The quantitative estimate of drug-likeness (QED) is 0.0282. The Hall–Kier alpha value is -9.60. The SMILES string of the molecule is CC(C)C[C@H](NC(=O)[C@H](CS)NC(=O)[C@H](CCC(=O)O)NC(=O)[C@H](Cc1ccc(O)cc1)NC(=O)CNC(=O)[C@H](Cc1ccc(O)cc1)NC(=O)[C@H](CCC(=O)O)NC(=O)[C@H](CCC(=O)O)NC(=O)[C@@H](N)CC(=O)O)C(=O)N[C@@H](CC(=O)O)C(=O)O. The summed E-state index contributed by atoms with van der Waals surface area (Å²) in [7, 11) is 0. The third-order valence-corrected chi connectivity index (χ3v) is 12.5. The van der Waals surface area contributed by atoms with E-state index in [1.54, 1.807) is 13.8 Å². The summed E-state index contributed by atoms with van der Waals surface area (Å²) in [5, 5.41) is 96.1. The van der Waals surface area contributed by atoms with Gasteiger partial charge in [0, 0.05) is 37.9 Å². The maximum absolute atomic E-state index is 14.2. The van der Waals surface area contributed by atoms with Crippen LogP contribution >= 0.6 is 12.6 Å². The fourth-order valence-corrected chi connectivity index (χ4v) is 8.02. The maximum Gasteiger partial charge on any atom is 0.326 e. The maximum atomic E-state index is 14.2. The zero-order chi connectivity index (χ0) is 65.0. The average Bonchev–Trinajstić information content (AvgIpc) is 3.05. The summed E-state index contributed by atoms with van der Waals surface area (Å²) < 4.78 is 0. The van der Waals surface area contributed by atoms with Crippen LogP contribution in [0.1, 0.15) is 82.8 Å². The molecule has 2 aromatic carbocycles. The zero-order valence-electron chi connectivity index (χ0n) is 46.3. The largest absolute Gasteiger partial charge is 0.508 e. The third kappa shape index (κ3) is 27.7. The van der Waals surface area contributed by atoms with Crippen LogP contribution in [0.2, 0.25) is 0 Å². The van der Waals surface area contributed by atoms with E-state index < -0.39 is 220 Å². The molecular weight excluding hydrogens is 1160 g/mol. The molecule has 33 nitrogen and oxygen atoms in total. The molecule has 0 saturated heterocycles. The standard InChI is InChI=1S/C52H70N10O23S/c1-24(2)17-33(49(81)61-36(52(84)85)21-43(74)75)59-51(83)37(23-86)62-48(80)32(13-16-41(70)71)58-50(82)35(19-26-5-9-28(64)10-6-26)55-38(65)22-54-45(77)34(18-25-3-7-27(63)8-4-25)60-47(79)31(12-15-40(68)69)57-46(78)30(11-14-39(66)67)56-44(76)29(53)20-42(72)73/h3-10,24,29-37,63-64,86H,11-23,53H2,1-2H3,(H,54,77)(H,55,65)(H,56,76)(H,57,78)(H,58,82)(H,59,83)(H,60,79)(H,61,81)(H,62,80)(H,66,67)(H,68,69)(H,70,71)(H,72,73)(H,74,75)(H,84,85)/t29-,30-,31-,32-,33-,34-,35-,36-,37-/m0/s1. The lowest BCUT2D eigenvalue weighted by Gasteiger charge is -2.27. The summed E-state index contributed by atoms with van der Waals surface area (Å²) >= 11 is 4.11. The second-order valence-electron chi connectivity index (χ2n) is 19.8. The molecule has 86 heavy (non-hydrogen) atoms. The van der Waals surface area contributed by atoms with Crippen LogP contribution in [0.25, 0.3) is 0 Å². The Balaban J connectivity index is 2.47. The molecule has 9 amide bonds. The second-order valence-corrected chi connectivity index (χ2v) is 20.1. The van der Waals surface area contributed by atoms with Gasteiger partial charge in [-0.1, -0.05) is 38.1 Å². The van der Waals surface area contributed by atoms with E-state index in [1.807, 2.05) is 5.32 Å². The number of hydrogen-bond acceptors (Lipinski definition) is 19. The number of carboxylic acid groups (broad SMARTS) is 6. The highest BCUT2D eigenvalue weighted by Crippen LogP contribution is 2.15. The number of phenols is 2. The number of nitrogens with two attached hydrogens (primary N) is 1. The number of phenolic OH excluding ortho intramolecular Hbond substituents is 2. The summed E-state index contributed by atoms with van der Waals surface area (Å²) in [5.41, 5.74) is 6.15. The number of amides is 9. The summed E-state index contributed by atoms with van der Waals surface area (Å²) in [6.45, 7) is 2.30. The van der Waals surface area contributed by atoms with Gasteiger partial charge in [-0.15, -0.1) is 0 Å². The van der Waals surface area contributed by atoms with Gasteiger partial charge in [-0.3, -0.25) is 67.1 Å². The van der Waals surface area contributed by atoms with Gasteiger partial charge in [0.15, 0.2) is 0 Å². The topological polar surface area (TPSA) is 552 Å². The first-order valence-electron chi connectivity index (χ1n) is 26.2. The van der Waals surface area contributed by atoms with Crippen molar-refractivity contribution in [1.82, 2.24) is 47.9 Å². The van der Waals surface area contributed by atoms with Crippen LogP contribution in [0.3, 0.4) is 0 Å². The van der Waals surface area contributed by atoms with Crippen molar-refractivity contribution >= 4 is 102 Å². The van der Waals surface area contributed by atoms with E-state index in [-0.39, 0.29) is 35.0 Å². The van der Waals surface area contributed by atoms with Gasteiger partial charge in [0.25, 0.3) is 0 Å². The molecule has 0 aromatic heterocycles. The highest BCUT2D eigenvalue weighted by Gasteiger charge is 2.35. The summed E-state index contributed by atoms with van der Waals surface area (Å²) in [6.07, 6.45) is -7.11. The lowest BCUT2D eigenvalue weighted by atomic mass is 10.0. The van der Waals surface area contributed by atoms with Crippen LogP contribution in [-0.2, 0) is 84.8 Å². The van der Waals surface area contributed by atoms with Gasteiger partial charge in [0.05, 0.1) is 25.4 Å². The predicted molar refractivity (Wildman–Crippen MR) is 296 cm³/mol. The molecule has 0 fully saturated rings. The first-order valence-corrected chi connectivity index (χ1v) is 26.9. The van der Waals surface area contributed by atoms with Gasteiger partial charge in [0.2, 0.25) is 53.2 Å². The molecule has 0 spiro atoms. The van der Waals surface area contributed by atoms with E-state index in [0.717, 1.165) is 0 Å². The van der Waals surface area contributed by atoms with E-state index in [9.17, 15) is 103 Å². The van der Waals surface area contributed by atoms with Gasteiger partial charge in [-0.05, 0) is 67.0 Å². The fourth-order valence-electron chi connectivity index (χ4n) is 7.77. The number of carbonyl (C=O) groups excluding carboxylic acids is 9. The number of aliphatic carboxylic acids is 6. The molecule has 0 saturated carbocycles. The molecule has 0 radical (unpaired) electrons. The predicted octanol–water partition coefficient (Wildman–Crippen LogP) is -4.19. The minimum Gasteiger partial charge on any atom is -0.508 e. The Bertz CT molecular complexity index is 2790. The Morgan fingerprint density at radius 3 is 1.14 bits per heavy atom. The molecule has 472 valence electrons. The minimum atomic E-state index is -1.89. The van der Waals surface area contributed by atoms with E-state index in [4.69, 9.17) is 15.9 Å². The molecule has 0 unspecified atom stereocenters. The Morgan fingerprint density at radius 2 is 0.756 bits per heavy atom. The fraction of sp³-hybridized carbons (Fsp3) is 0.481. The van der Waals surface area contributed by atoms with Crippen LogP contribution < -0.4 is 53.6 Å². The number of aromatic hydroxyl groups is 2. The van der Waals surface area contributed by atoms with Crippen molar-refractivity contribution < 1.29 is 113 Å². The molecule has 0 heterocycles. The molecule has 0 aliphatic heterocycles. The molecular formula is C52H70N10O23S. The van der Waals surface area contributed by atoms with Crippen LogP contribution in [-0.4, -0.2) is 197 Å². The van der Waals surface area contributed by atoms with Crippen molar-refractivity contribution in [3.8, 4) is 11.5 Å². The summed E-state index contributed by atoms with van der Waals surface area (Å²) in [5.74, 6) is -20.7. The third-order valence-electron chi connectivity index (χ3n) is 12.2. The van der Waals surface area contributed by atoms with Gasteiger partial charge in [-0.2, -0.15) is 12.6 Å². The molecule has 2 aromatic rings. The molecule has 34 heteroatoms. The lowest BCUT2D eigenvalue weighted by Crippen LogP contribution is -2.60. The number of nitrogens with one attached hydrogen (secondary N) is 9. The number of hydrogen-bond donors (Lipinski definition) is 19. The van der Waals surface area contributed by atoms with E-state index in [0.29, 0.717) is 0 Å². The van der Waals surface area contributed by atoms with Gasteiger partial charge in [0.1, 0.15) is 59.8 Å². The monoisotopic (exact) mass is 1230 g/mol. The van der Waals surface area contributed by atoms with Crippen molar-refractivity contribution in [2.24, 2.45) is 11.7 Å². The molecule has 2 rings (SSSR count). The summed E-state index contributed by atoms with van der Waals surface area (Å²) in [6, 6.07) is -5.27. The molecule has 19 N–H and O–H groups in total. The molecule has 0 aliphatic carbocycles. The van der Waals surface area contributed by atoms with Crippen LogP contribution in [0.4, 0.5) is 0 Å². The first kappa shape index (κ1) is 72.5. The number of thiol groups is 1. The molecule has 9 atom stereocenters. The minimum absolute atomic E-state index is 0.115. The zero-order valence-corrected chi connectivity index (χ0v) is 47.2. The normalized spacial score (nSPS) is 14.0. The van der Waals surface area contributed by atoms with E-state index in [1.165, 1.54) is 48.5 Å². The van der Waals surface area contributed by atoms with Crippen LogP contribution in [0, 0.1) is 5.92 Å². The van der Waals surface area contributed by atoms with E-state index >= 15 is 0 Å². The summed E-state index contributed by atoms with van der Waals surface area (Å²) in [4.78, 5) is 192. The highest BCUT2D eigenvalue weighted by atomic mass is 32.1. The Kier molecular flexibility index (Phi) is 30.5. The average molecular weight is 1240 g/mol. The van der Waals surface area contributed by atoms with Crippen molar-refractivity contribution in [2.45, 2.75) is 139 Å². The molecule has 0 aliphatic rings. The smallest absolute Gasteiger partial charge is 0.326 e. The second kappa shape index (κ2) is 36.2. The number of carboxylic acids is 6. The first-order chi connectivity index (χ1) is 40.3. The highest BCUT2D eigenvalue weighted by molar-refractivity contribution is 7.80. The van der Waals surface area contributed by atoms with Crippen LogP contribution in [0.5, 0.6) is 11.5 Å². The van der Waals surface area contributed by atoms with E-state index in [2.05, 4.69) is 55.2 Å². The number of rotatable bonds is 39. The number of carbonyl (C=O) groups is 15. The molecule has 0 bridgehead atoms. The van der Waals surface area contributed by atoms with Crippen molar-refractivity contribution in [3.63, 3.8) is 0 Å². The van der Waals surface area contributed by atoms with Crippen molar-refractivity contribution in [2.75, 3.05) is 12.3 Å².